The molecule has 19 heteroatoms. The van der Waals surface area contributed by atoms with Crippen LogP contribution in [0, 0.1) is 47.5 Å². The van der Waals surface area contributed by atoms with Crippen molar-refractivity contribution in [1.29, 1.82) is 0 Å². The number of fused-ring (bicyclic) bond motifs is 6. The molecule has 2 aromatic carbocycles. The van der Waals surface area contributed by atoms with E-state index in [2.05, 4.69) is 37.0 Å². The number of likely N-dealkylation sites (N-methyl/N-ethyl adjacent to an activating group) is 2. The first-order chi connectivity index (χ1) is 31.6. The van der Waals surface area contributed by atoms with E-state index in [1.807, 2.05) is 0 Å². The van der Waals surface area contributed by atoms with Crippen molar-refractivity contribution in [3.8, 4) is 35.3 Å². The van der Waals surface area contributed by atoms with E-state index in [0.29, 0.717) is 22.3 Å². The van der Waals surface area contributed by atoms with Gasteiger partial charge in [0.15, 0.2) is 22.8 Å². The first-order valence-electron chi connectivity index (χ1n) is 21.6. The van der Waals surface area contributed by atoms with Gasteiger partial charge in [-0.3, -0.25) is 38.6 Å². The molecular formula is C49H52N4O14Si. The number of ketones is 4. The summed E-state index contributed by atoms with van der Waals surface area (Å²) in [5.74, 6) is -7.87. The predicted octanol–water partition coefficient (Wildman–Crippen LogP) is 1.14. The number of carbonyl (C=O) groups is 6. The number of primary amides is 2. The van der Waals surface area contributed by atoms with Crippen LogP contribution in [0.15, 0.2) is 58.1 Å². The van der Waals surface area contributed by atoms with Gasteiger partial charge in [-0.05, 0) is 101 Å². The molecule has 0 saturated heterocycles. The molecule has 356 valence electrons. The maximum atomic E-state index is 13.8. The average Bonchev–Trinajstić information content (AvgIpc) is 3.22. The van der Waals surface area contributed by atoms with Crippen molar-refractivity contribution < 1.29 is 69.6 Å². The van der Waals surface area contributed by atoms with Gasteiger partial charge in [0.2, 0.25) is 11.6 Å². The molecule has 6 aliphatic rings. The van der Waals surface area contributed by atoms with Crippen molar-refractivity contribution in [3.05, 3.63) is 91.5 Å². The monoisotopic (exact) mass is 948 g/mol. The molecule has 0 spiro atoms. The molecule has 2 amide bonds. The highest BCUT2D eigenvalue weighted by Crippen LogP contribution is 2.55. The summed E-state index contributed by atoms with van der Waals surface area (Å²) in [5.41, 5.74) is 8.66. The number of aliphatic hydroxyl groups excluding tert-OH is 4. The van der Waals surface area contributed by atoms with Crippen molar-refractivity contribution in [3.63, 3.8) is 0 Å². The molecule has 0 radical (unpaired) electrons. The second-order valence-electron chi connectivity index (χ2n) is 19.5. The number of nitrogens with two attached hydrogens (primary N) is 2. The van der Waals surface area contributed by atoms with Gasteiger partial charge in [-0.15, -0.1) is 12.0 Å². The van der Waals surface area contributed by atoms with Gasteiger partial charge in [0, 0.05) is 34.1 Å². The second kappa shape index (κ2) is 16.6. The van der Waals surface area contributed by atoms with Crippen molar-refractivity contribution in [2.24, 2.45) is 35.1 Å². The number of Topliss-reactive ketones (excluding diaryl/α,β-unsaturated/α-hetero) is 4. The average molecular weight is 949 g/mol. The Morgan fingerprint density at radius 1 is 0.662 bits per heavy atom. The number of hydrogen-bond donors (Lipinski definition) is 10. The summed E-state index contributed by atoms with van der Waals surface area (Å²) in [6.45, 7) is 6.26. The lowest BCUT2D eigenvalue weighted by molar-refractivity contribution is -0.155. The highest BCUT2D eigenvalue weighted by Gasteiger charge is 2.66. The molecule has 0 bridgehead atoms. The number of phenols is 2. The number of benzene rings is 2. The maximum Gasteiger partial charge on any atom is 0.255 e. The number of phenolic OH excluding ortho intramolecular Hbond substituents is 2. The summed E-state index contributed by atoms with van der Waals surface area (Å²) in [6.07, 6.45) is 6.02. The van der Waals surface area contributed by atoms with E-state index in [4.69, 9.17) is 17.9 Å². The quantitative estimate of drug-likeness (QED) is 0.117. The Labute approximate surface area is 391 Å². The number of hydrogen-bond acceptors (Lipinski definition) is 16. The van der Waals surface area contributed by atoms with Crippen LogP contribution in [0.1, 0.15) is 46.2 Å². The van der Waals surface area contributed by atoms with E-state index < -0.39 is 124 Å². The van der Waals surface area contributed by atoms with E-state index in [9.17, 15) is 69.6 Å². The van der Waals surface area contributed by atoms with Crippen molar-refractivity contribution >= 4 is 54.5 Å². The van der Waals surface area contributed by atoms with Crippen LogP contribution in [-0.2, 0) is 41.6 Å². The third kappa shape index (κ3) is 7.12. The summed E-state index contributed by atoms with van der Waals surface area (Å²) in [4.78, 5) is 80.4. The Bertz CT molecular complexity index is 2940. The standard InChI is InChI=1S/C26H30N2O7Si.C23H22N2O7/c1-28(2)20-15-11-13-10-14-12(8-9-36(3,4)5)6-7-16(29)18(14)21(30)17(13)23(32)26(15,35)24(33)19(22(20)31)25(27)34;1-4-9-5-6-13(26)15-11(9)7-10-8-12-17(25(2)3)19(28)16(22(24)31)21(30)23(12,32)20(29)14(10)18(15)27/h6-7,13,15,20,29-30,33,35H,10-11H2,1-5H3,(H2,27,34);1,5-6,10,12,17,26-27,30,32H,7-8H2,2-3H3,(H2,24,31)/t13-,15-,20-,26-;10-,12-,17?,23-/m00/s1. The van der Waals surface area contributed by atoms with Gasteiger partial charge in [-0.2, -0.15) is 0 Å². The van der Waals surface area contributed by atoms with Crippen LogP contribution in [0.25, 0.3) is 11.5 Å². The molecule has 2 saturated carbocycles. The molecule has 2 aromatic rings. The Balaban J connectivity index is 0.000000203. The summed E-state index contributed by atoms with van der Waals surface area (Å²) in [5, 5.41) is 87.8. The third-order valence-corrected chi connectivity index (χ3v) is 14.8. The number of nitrogens with zero attached hydrogens (tertiary/aromatic N) is 2. The van der Waals surface area contributed by atoms with Crippen LogP contribution in [0.4, 0.5) is 0 Å². The molecule has 1 unspecified atom stereocenters. The van der Waals surface area contributed by atoms with Gasteiger partial charge < -0.3 is 52.3 Å². The van der Waals surface area contributed by atoms with Crippen molar-refractivity contribution in [1.82, 2.24) is 9.80 Å². The van der Waals surface area contributed by atoms with E-state index in [1.165, 1.54) is 28.0 Å². The first-order valence-corrected chi connectivity index (χ1v) is 25.1. The molecule has 2 fully saturated rings. The Morgan fingerprint density at radius 3 is 1.37 bits per heavy atom. The Kier molecular flexibility index (Phi) is 12.0. The minimum Gasteiger partial charge on any atom is -0.508 e. The lowest BCUT2D eigenvalue weighted by atomic mass is 9.57. The molecule has 0 aromatic heterocycles. The number of carbonyl (C=O) groups excluding carboxylic acids is 6. The zero-order chi connectivity index (χ0) is 50.6. The Hall–Kier alpha value is -7.00. The maximum absolute atomic E-state index is 13.8. The summed E-state index contributed by atoms with van der Waals surface area (Å²) in [7, 11) is 4.47. The van der Waals surface area contributed by atoms with E-state index in [0.717, 1.165) is 0 Å². The highest BCUT2D eigenvalue weighted by molar-refractivity contribution is 6.83. The van der Waals surface area contributed by atoms with Gasteiger partial charge in [0.25, 0.3) is 11.8 Å². The van der Waals surface area contributed by atoms with Crippen LogP contribution in [0.3, 0.4) is 0 Å². The summed E-state index contributed by atoms with van der Waals surface area (Å²) >= 11 is 0. The molecular weight excluding hydrogens is 897 g/mol. The lowest BCUT2D eigenvalue weighted by Crippen LogP contribution is -2.65. The molecule has 0 aliphatic heterocycles. The van der Waals surface area contributed by atoms with Crippen molar-refractivity contribution in [2.45, 2.75) is 68.6 Å². The fourth-order valence-corrected chi connectivity index (χ4v) is 11.5. The number of amides is 2. The topological polar surface area (TPSA) is 323 Å². The number of aromatic hydroxyl groups is 2. The van der Waals surface area contributed by atoms with Gasteiger partial charge in [0.1, 0.15) is 53.8 Å². The van der Waals surface area contributed by atoms with E-state index >= 15 is 0 Å². The normalized spacial score (nSPS) is 28.6. The Morgan fingerprint density at radius 2 is 1.03 bits per heavy atom. The number of rotatable bonds is 4. The van der Waals surface area contributed by atoms with Gasteiger partial charge in [0.05, 0.1) is 23.2 Å². The number of aliphatic hydroxyl groups is 6. The zero-order valence-electron chi connectivity index (χ0n) is 38.3. The fourth-order valence-electron chi connectivity index (χ4n) is 11.0. The van der Waals surface area contributed by atoms with Gasteiger partial charge in [-0.25, -0.2) is 0 Å². The first kappa shape index (κ1) is 48.9. The van der Waals surface area contributed by atoms with Crippen LogP contribution in [0.2, 0.25) is 19.6 Å². The minimum atomic E-state index is -2.65. The molecule has 0 heterocycles. The predicted molar refractivity (Wildman–Crippen MR) is 247 cm³/mol. The van der Waals surface area contributed by atoms with Gasteiger partial charge >= 0.3 is 0 Å². The van der Waals surface area contributed by atoms with Gasteiger partial charge in [-0.1, -0.05) is 31.5 Å². The fraction of sp³-hybridized carbons (Fsp3) is 0.388. The third-order valence-electron chi connectivity index (χ3n) is 13.9. The van der Waals surface area contributed by atoms with Crippen LogP contribution in [0.5, 0.6) is 11.5 Å². The van der Waals surface area contributed by atoms with Crippen LogP contribution < -0.4 is 11.5 Å². The second-order valence-corrected chi connectivity index (χ2v) is 24.3. The summed E-state index contributed by atoms with van der Waals surface area (Å²) in [6, 6.07) is 3.63. The van der Waals surface area contributed by atoms with E-state index in [1.54, 1.807) is 34.3 Å². The smallest absolute Gasteiger partial charge is 0.255 e. The molecule has 6 aliphatic carbocycles. The molecule has 12 N–H and O–H groups in total. The molecule has 8 atom stereocenters. The van der Waals surface area contributed by atoms with Crippen LogP contribution >= 0.6 is 0 Å². The van der Waals surface area contributed by atoms with E-state index in [-0.39, 0.29) is 59.5 Å². The largest absolute Gasteiger partial charge is 0.508 e. The SMILES string of the molecule is C#Cc1ccc(O)c2c1C[C@H]1C[C@H]3C(N(C)C)C(=O)C(C(N)=O)=C(O)[C@@]3(O)C(=O)C1=C2O.CN(C)[C@@H]1C(=O)C(C(N)=O)=C(O)[C@@]2(O)C(=O)C3=C(O)c4c(O)ccc(C#C[Si](C)(C)C)c4C[C@H]3C[C@@H]12. The highest BCUT2D eigenvalue weighted by atomic mass is 28.3. The van der Waals surface area contributed by atoms with Crippen LogP contribution in [-0.4, -0.2) is 145 Å². The lowest BCUT2D eigenvalue weighted by Gasteiger charge is -2.50. The molecule has 8 rings (SSSR count). The summed E-state index contributed by atoms with van der Waals surface area (Å²) < 4.78 is 0. The van der Waals surface area contributed by atoms with Crippen molar-refractivity contribution in [2.75, 3.05) is 28.2 Å². The molecule has 68 heavy (non-hydrogen) atoms. The number of terminal acetylenes is 1. The molecule has 18 nitrogen and oxygen atoms in total. The zero-order valence-corrected chi connectivity index (χ0v) is 39.3. The minimum absolute atomic E-state index is 0.0169.